The number of allylic oxidation sites excluding steroid dienone is 3. The number of aliphatic hydroxyl groups is 4. The maximum Gasteiger partial charge on any atom is 0.310 e. The molecule has 0 bridgehead atoms. The van der Waals surface area contributed by atoms with Crippen molar-refractivity contribution < 1.29 is 39.4 Å². The van der Waals surface area contributed by atoms with Crippen LogP contribution in [0.4, 0.5) is 0 Å². The SMILES string of the molecule is CCCCCCCCCCCCCCCC(=O)OC1=C2C[C@@H](O[C@@H]3O[C@H](CO)[C@@H](O)[C@H](O)[C@H]3O)CC[C@]2(C)[C@H]2CC[C@]3(C)[C@@H]([C@H](C)CCC(C)=C(C)C)CC[C@H]3[C@@H]2C1. The van der Waals surface area contributed by atoms with E-state index in [1.807, 2.05) is 0 Å². The molecule has 13 atom stereocenters. The molecule has 1 aliphatic heterocycles. The standard InChI is InChI=1S/C50H86O8/c1-8-9-10-11-12-13-14-15-16-17-18-19-20-21-44(52)57-42-31-37-39-25-24-38(35(5)23-22-34(4)33(2)3)49(39,6)29-27-40(37)50(7)28-26-36(30-41(42)50)56-48-47(55)46(54)45(53)43(32-51)58-48/h35-40,43,45-48,51,53-55H,8-32H2,1-7H3/t35-,36+,37+,38-,39+,40+,43-,45-,46+,47-,48-,49-,50-/m1/s1. The Morgan fingerprint density at radius 2 is 1.41 bits per heavy atom. The third-order valence-corrected chi connectivity index (χ3v) is 16.6. The summed E-state index contributed by atoms with van der Waals surface area (Å²) in [6.07, 6.45) is 20.5. The van der Waals surface area contributed by atoms with Crippen molar-refractivity contribution in [1.29, 1.82) is 0 Å². The first-order valence-corrected chi connectivity index (χ1v) is 24.3. The van der Waals surface area contributed by atoms with Gasteiger partial charge in [0.05, 0.1) is 12.7 Å². The summed E-state index contributed by atoms with van der Waals surface area (Å²) in [5, 5.41) is 41.4. The number of ether oxygens (including phenoxy) is 3. The third kappa shape index (κ3) is 11.4. The summed E-state index contributed by atoms with van der Waals surface area (Å²) < 4.78 is 18.7. The van der Waals surface area contributed by atoms with Crippen molar-refractivity contribution >= 4 is 5.97 Å². The van der Waals surface area contributed by atoms with Crippen LogP contribution in [0.25, 0.3) is 0 Å². The fraction of sp³-hybridized carbons (Fsp3) is 0.900. The molecule has 5 rings (SSSR count). The molecular formula is C50H86O8. The number of esters is 1. The number of hydrogen-bond donors (Lipinski definition) is 4. The highest BCUT2D eigenvalue weighted by Gasteiger charge is 2.61. The number of hydrogen-bond acceptors (Lipinski definition) is 8. The summed E-state index contributed by atoms with van der Waals surface area (Å²) >= 11 is 0. The Morgan fingerprint density at radius 3 is 2.03 bits per heavy atom. The fourth-order valence-electron chi connectivity index (χ4n) is 12.7. The van der Waals surface area contributed by atoms with E-state index in [1.54, 1.807) is 0 Å². The Labute approximate surface area is 353 Å². The summed E-state index contributed by atoms with van der Waals surface area (Å²) in [5.41, 5.74) is 4.35. The normalized spacial score (nSPS) is 36.5. The van der Waals surface area contributed by atoms with Crippen LogP contribution in [0.5, 0.6) is 0 Å². The zero-order valence-electron chi connectivity index (χ0n) is 38.0. The van der Waals surface area contributed by atoms with Gasteiger partial charge in [-0.1, -0.05) is 116 Å². The minimum atomic E-state index is -1.48. The van der Waals surface area contributed by atoms with Crippen molar-refractivity contribution in [3.63, 3.8) is 0 Å². The van der Waals surface area contributed by atoms with Crippen molar-refractivity contribution in [1.82, 2.24) is 0 Å². The Morgan fingerprint density at radius 1 is 0.776 bits per heavy atom. The number of carbonyl (C=O) groups excluding carboxylic acids is 1. The first-order valence-electron chi connectivity index (χ1n) is 24.3. The number of unbranched alkanes of at least 4 members (excludes halogenated alkanes) is 12. The van der Waals surface area contributed by atoms with Gasteiger partial charge in [-0.15, -0.1) is 0 Å². The van der Waals surface area contributed by atoms with Gasteiger partial charge in [0.15, 0.2) is 6.29 Å². The lowest BCUT2D eigenvalue weighted by Gasteiger charge is -2.59. The molecule has 1 saturated heterocycles. The maximum atomic E-state index is 13.7. The van der Waals surface area contributed by atoms with E-state index < -0.39 is 37.3 Å². The van der Waals surface area contributed by atoms with Gasteiger partial charge in [0.1, 0.15) is 30.2 Å². The third-order valence-electron chi connectivity index (χ3n) is 16.6. The molecule has 8 nitrogen and oxygen atoms in total. The lowest BCUT2D eigenvalue weighted by molar-refractivity contribution is -0.313. The van der Waals surface area contributed by atoms with Gasteiger partial charge in [0.25, 0.3) is 0 Å². The van der Waals surface area contributed by atoms with Crippen molar-refractivity contribution in [2.45, 2.75) is 239 Å². The lowest BCUT2D eigenvalue weighted by Crippen LogP contribution is -2.60. The summed E-state index contributed by atoms with van der Waals surface area (Å²) in [6.45, 7) is 16.1. The summed E-state index contributed by atoms with van der Waals surface area (Å²) in [4.78, 5) is 13.7. The highest BCUT2D eigenvalue weighted by Crippen LogP contribution is 2.68. The minimum absolute atomic E-state index is 0.116. The van der Waals surface area contributed by atoms with E-state index in [9.17, 15) is 25.2 Å². The Hall–Kier alpha value is -1.29. The smallest absolute Gasteiger partial charge is 0.310 e. The minimum Gasteiger partial charge on any atom is -0.431 e. The molecule has 4 aliphatic carbocycles. The van der Waals surface area contributed by atoms with Crippen LogP contribution in [-0.4, -0.2) is 69.8 Å². The Bertz CT molecular complexity index is 1350. The molecule has 1 heterocycles. The fourth-order valence-corrected chi connectivity index (χ4v) is 12.7. The van der Waals surface area contributed by atoms with E-state index in [2.05, 4.69) is 48.5 Å². The molecule has 0 amide bonds. The second-order valence-electron chi connectivity index (χ2n) is 20.6. The van der Waals surface area contributed by atoms with Crippen LogP contribution in [0.3, 0.4) is 0 Å². The second kappa shape index (κ2) is 22.2. The average molecular weight is 815 g/mol. The predicted octanol–water partition coefficient (Wildman–Crippen LogP) is 10.9. The molecule has 0 aromatic rings. The summed E-state index contributed by atoms with van der Waals surface area (Å²) in [7, 11) is 0. The number of fused-ring (bicyclic) bond motifs is 5. The van der Waals surface area contributed by atoms with Crippen molar-refractivity contribution in [3.8, 4) is 0 Å². The van der Waals surface area contributed by atoms with Gasteiger partial charge in [0.2, 0.25) is 0 Å². The quantitative estimate of drug-likeness (QED) is 0.0484. The van der Waals surface area contributed by atoms with E-state index in [-0.39, 0.29) is 17.5 Å². The molecule has 3 saturated carbocycles. The zero-order chi connectivity index (χ0) is 42.0. The van der Waals surface area contributed by atoms with Crippen LogP contribution in [0.2, 0.25) is 0 Å². The number of rotatable bonds is 22. The van der Waals surface area contributed by atoms with Crippen molar-refractivity contribution in [2.24, 2.45) is 40.4 Å². The first-order chi connectivity index (χ1) is 27.7. The molecule has 0 aromatic heterocycles. The van der Waals surface area contributed by atoms with Crippen LogP contribution in [0, 0.1) is 40.4 Å². The molecule has 0 spiro atoms. The van der Waals surface area contributed by atoms with Gasteiger partial charge in [-0.2, -0.15) is 0 Å². The van der Waals surface area contributed by atoms with Crippen molar-refractivity contribution in [2.75, 3.05) is 6.61 Å². The zero-order valence-corrected chi connectivity index (χ0v) is 38.0. The first kappa shape index (κ1) is 47.8. The predicted molar refractivity (Wildman–Crippen MR) is 232 cm³/mol. The molecule has 0 radical (unpaired) electrons. The van der Waals surface area contributed by atoms with Gasteiger partial charge < -0.3 is 34.6 Å². The highest BCUT2D eigenvalue weighted by molar-refractivity contribution is 5.70. The molecule has 0 aromatic carbocycles. The van der Waals surface area contributed by atoms with Gasteiger partial charge in [0, 0.05) is 12.8 Å². The Kier molecular flexibility index (Phi) is 18.3. The maximum absolute atomic E-state index is 13.7. The molecule has 58 heavy (non-hydrogen) atoms. The summed E-state index contributed by atoms with van der Waals surface area (Å²) in [6, 6.07) is 0. The van der Waals surface area contributed by atoms with E-state index in [4.69, 9.17) is 14.2 Å². The molecule has 8 heteroatoms. The van der Waals surface area contributed by atoms with E-state index in [1.165, 1.54) is 126 Å². The highest BCUT2D eigenvalue weighted by atomic mass is 16.7. The van der Waals surface area contributed by atoms with E-state index in [0.717, 1.165) is 37.9 Å². The van der Waals surface area contributed by atoms with Crippen LogP contribution in [0.15, 0.2) is 22.5 Å². The van der Waals surface area contributed by atoms with Crippen LogP contribution in [0.1, 0.15) is 203 Å². The van der Waals surface area contributed by atoms with Crippen LogP contribution < -0.4 is 0 Å². The molecule has 0 unspecified atom stereocenters. The largest absolute Gasteiger partial charge is 0.431 e. The number of aliphatic hydroxyl groups excluding tert-OH is 4. The molecule has 334 valence electrons. The molecule has 4 N–H and O–H groups in total. The number of carbonyl (C=O) groups is 1. The van der Waals surface area contributed by atoms with E-state index in [0.29, 0.717) is 47.8 Å². The topological polar surface area (TPSA) is 126 Å². The van der Waals surface area contributed by atoms with Gasteiger partial charge in [-0.3, -0.25) is 4.79 Å². The Balaban J connectivity index is 1.24. The van der Waals surface area contributed by atoms with E-state index >= 15 is 0 Å². The van der Waals surface area contributed by atoms with Gasteiger partial charge >= 0.3 is 5.97 Å². The average Bonchev–Trinajstić information content (AvgIpc) is 3.56. The monoisotopic (exact) mass is 815 g/mol. The van der Waals surface area contributed by atoms with Crippen LogP contribution in [-0.2, 0) is 19.0 Å². The van der Waals surface area contributed by atoms with Crippen molar-refractivity contribution in [3.05, 3.63) is 22.5 Å². The van der Waals surface area contributed by atoms with Gasteiger partial charge in [-0.05, 0) is 131 Å². The lowest BCUT2D eigenvalue weighted by atomic mass is 9.46. The molecule has 4 fully saturated rings. The summed E-state index contributed by atoms with van der Waals surface area (Å²) in [5.74, 6) is 3.74. The molecular weight excluding hydrogens is 729 g/mol. The van der Waals surface area contributed by atoms with Gasteiger partial charge in [-0.25, -0.2) is 0 Å². The van der Waals surface area contributed by atoms with Crippen LogP contribution >= 0.6 is 0 Å². The second-order valence-corrected chi connectivity index (χ2v) is 20.6. The molecule has 5 aliphatic rings.